The third kappa shape index (κ3) is 5.35. The monoisotopic (exact) mass is 490 g/mol. The van der Waals surface area contributed by atoms with Gasteiger partial charge in [0.1, 0.15) is 23.0 Å². The van der Waals surface area contributed by atoms with Crippen molar-refractivity contribution in [2.45, 2.75) is 0 Å². The number of hydrogen-bond donors (Lipinski definition) is 0. The molecule has 38 heavy (non-hydrogen) atoms. The Morgan fingerprint density at radius 3 is 1.39 bits per heavy atom. The first-order chi connectivity index (χ1) is 18.8. The van der Waals surface area contributed by atoms with Gasteiger partial charge in [0, 0.05) is 11.6 Å². The summed E-state index contributed by atoms with van der Waals surface area (Å²) in [6.45, 7) is 0. The molecule has 0 bridgehead atoms. The van der Waals surface area contributed by atoms with Crippen LogP contribution in [0, 0.1) is 0 Å². The van der Waals surface area contributed by atoms with Crippen LogP contribution in [0.2, 0.25) is 0 Å². The Morgan fingerprint density at radius 1 is 0.289 bits per heavy atom. The lowest BCUT2D eigenvalue weighted by Gasteiger charge is -2.15. The second kappa shape index (κ2) is 10.9. The number of rotatable bonds is 7. The van der Waals surface area contributed by atoms with E-state index in [-0.39, 0.29) is 0 Å². The quantitative estimate of drug-likeness (QED) is 0.222. The van der Waals surface area contributed by atoms with Gasteiger partial charge in [-0.1, -0.05) is 115 Å². The Balaban J connectivity index is 1.29. The van der Waals surface area contributed by atoms with Crippen LogP contribution in [0.4, 0.5) is 0 Å². The predicted molar refractivity (Wildman–Crippen MR) is 156 cm³/mol. The molecule has 2 nitrogen and oxygen atoms in total. The maximum absolute atomic E-state index is 6.45. The Bertz CT molecular complexity index is 1640. The van der Waals surface area contributed by atoms with Gasteiger partial charge in [-0.3, -0.25) is 0 Å². The van der Waals surface area contributed by atoms with E-state index in [2.05, 4.69) is 72.8 Å². The van der Waals surface area contributed by atoms with Crippen LogP contribution in [0.5, 0.6) is 23.0 Å². The van der Waals surface area contributed by atoms with E-state index < -0.39 is 0 Å². The zero-order chi connectivity index (χ0) is 25.6. The van der Waals surface area contributed by atoms with Crippen molar-refractivity contribution in [3.05, 3.63) is 158 Å². The third-order valence-electron chi connectivity index (χ3n) is 6.38. The van der Waals surface area contributed by atoms with Crippen LogP contribution in [-0.2, 0) is 0 Å². The summed E-state index contributed by atoms with van der Waals surface area (Å²) >= 11 is 0. The van der Waals surface area contributed by atoms with Gasteiger partial charge >= 0.3 is 0 Å². The van der Waals surface area contributed by atoms with Crippen LogP contribution in [0.3, 0.4) is 0 Å². The molecule has 0 atom stereocenters. The lowest BCUT2D eigenvalue weighted by atomic mass is 9.98. The second-order valence-corrected chi connectivity index (χ2v) is 9.02. The molecule has 182 valence electrons. The van der Waals surface area contributed by atoms with Crippen molar-refractivity contribution in [2.75, 3.05) is 0 Å². The summed E-state index contributed by atoms with van der Waals surface area (Å²) in [6, 6.07) is 53.3. The van der Waals surface area contributed by atoms with E-state index in [9.17, 15) is 0 Å². The molecular weight excluding hydrogens is 464 g/mol. The number of benzene rings is 6. The van der Waals surface area contributed by atoms with E-state index >= 15 is 0 Å². The van der Waals surface area contributed by atoms with Crippen LogP contribution in [0.1, 0.15) is 0 Å². The molecule has 0 saturated heterocycles. The summed E-state index contributed by atoms with van der Waals surface area (Å²) in [7, 11) is 0. The van der Waals surface area contributed by atoms with E-state index in [1.54, 1.807) is 0 Å². The molecule has 0 aliphatic carbocycles. The molecule has 6 aromatic carbocycles. The second-order valence-electron chi connectivity index (χ2n) is 9.02. The fourth-order valence-electron chi connectivity index (χ4n) is 4.51. The number of ether oxygens (including phenoxy) is 2. The lowest BCUT2D eigenvalue weighted by molar-refractivity contribution is 0.461. The Hall–Kier alpha value is -5.08. The van der Waals surface area contributed by atoms with Gasteiger partial charge in [-0.05, 0) is 64.2 Å². The van der Waals surface area contributed by atoms with Crippen molar-refractivity contribution in [1.82, 2.24) is 0 Å². The Morgan fingerprint density at radius 2 is 0.763 bits per heavy atom. The summed E-state index contributed by atoms with van der Waals surface area (Å²) in [6.07, 6.45) is 0. The first-order valence-corrected chi connectivity index (χ1v) is 12.7. The Kier molecular flexibility index (Phi) is 6.69. The fraction of sp³-hybridized carbons (Fsp3) is 0. The lowest BCUT2D eigenvalue weighted by Crippen LogP contribution is -1.91. The van der Waals surface area contributed by atoms with E-state index in [1.807, 2.05) is 84.9 Å². The standard InChI is InChI=1S/C36H26O2/c1-4-12-27(13-5-1)30-18-10-19-32(24-30)37-33-20-11-21-34(26-33)38-36-23-22-31(28-14-6-2-7-15-28)25-35(36)29-16-8-3-9-17-29/h1-26H. The van der Waals surface area contributed by atoms with Crippen LogP contribution >= 0.6 is 0 Å². The minimum atomic E-state index is 0.714. The molecule has 0 fully saturated rings. The normalized spacial score (nSPS) is 10.6. The van der Waals surface area contributed by atoms with Crippen molar-refractivity contribution >= 4 is 0 Å². The molecule has 0 saturated carbocycles. The van der Waals surface area contributed by atoms with E-state index in [4.69, 9.17) is 9.47 Å². The highest BCUT2D eigenvalue weighted by atomic mass is 16.5. The van der Waals surface area contributed by atoms with Crippen LogP contribution in [-0.4, -0.2) is 0 Å². The van der Waals surface area contributed by atoms with Gasteiger partial charge in [0.15, 0.2) is 0 Å². The summed E-state index contributed by atoms with van der Waals surface area (Å²) < 4.78 is 12.7. The summed E-state index contributed by atoms with van der Waals surface area (Å²) in [5, 5.41) is 0. The van der Waals surface area contributed by atoms with Crippen molar-refractivity contribution < 1.29 is 9.47 Å². The Labute approximate surface area is 223 Å². The molecule has 0 aromatic heterocycles. The van der Waals surface area contributed by atoms with Gasteiger partial charge in [0.2, 0.25) is 0 Å². The average Bonchev–Trinajstić information content (AvgIpc) is 2.99. The highest BCUT2D eigenvalue weighted by Gasteiger charge is 2.11. The van der Waals surface area contributed by atoms with Gasteiger partial charge in [-0.15, -0.1) is 0 Å². The van der Waals surface area contributed by atoms with Crippen LogP contribution < -0.4 is 9.47 Å². The van der Waals surface area contributed by atoms with Crippen molar-refractivity contribution in [3.8, 4) is 56.4 Å². The van der Waals surface area contributed by atoms with Gasteiger partial charge in [0.25, 0.3) is 0 Å². The first-order valence-electron chi connectivity index (χ1n) is 12.7. The maximum Gasteiger partial charge on any atom is 0.135 e. The van der Waals surface area contributed by atoms with E-state index in [0.29, 0.717) is 5.75 Å². The highest BCUT2D eigenvalue weighted by Crippen LogP contribution is 2.38. The molecule has 6 aromatic rings. The summed E-state index contributed by atoms with van der Waals surface area (Å²) in [5.74, 6) is 3.00. The molecule has 0 radical (unpaired) electrons. The van der Waals surface area contributed by atoms with E-state index in [1.165, 1.54) is 5.56 Å². The SMILES string of the molecule is c1ccc(-c2cccc(Oc3cccc(Oc4ccc(-c5ccccc5)cc4-c4ccccc4)c3)c2)cc1. The minimum Gasteiger partial charge on any atom is -0.457 e. The van der Waals surface area contributed by atoms with Gasteiger partial charge < -0.3 is 9.47 Å². The molecule has 0 unspecified atom stereocenters. The minimum absolute atomic E-state index is 0.714. The van der Waals surface area contributed by atoms with Crippen molar-refractivity contribution in [2.24, 2.45) is 0 Å². The van der Waals surface area contributed by atoms with E-state index in [0.717, 1.165) is 45.1 Å². The molecule has 6 rings (SSSR count). The van der Waals surface area contributed by atoms with Gasteiger partial charge in [0.05, 0.1) is 0 Å². The fourth-order valence-corrected chi connectivity index (χ4v) is 4.51. The molecule has 0 amide bonds. The van der Waals surface area contributed by atoms with Crippen molar-refractivity contribution in [3.63, 3.8) is 0 Å². The average molecular weight is 491 g/mol. The topological polar surface area (TPSA) is 18.5 Å². The molecule has 0 aliphatic rings. The zero-order valence-electron chi connectivity index (χ0n) is 20.8. The molecule has 0 heterocycles. The predicted octanol–water partition coefficient (Wildman–Crippen LogP) is 10.3. The van der Waals surface area contributed by atoms with Crippen molar-refractivity contribution in [1.29, 1.82) is 0 Å². The highest BCUT2D eigenvalue weighted by molar-refractivity contribution is 5.78. The zero-order valence-corrected chi connectivity index (χ0v) is 20.8. The first kappa shape index (κ1) is 23.3. The molecule has 0 aliphatic heterocycles. The van der Waals surface area contributed by atoms with Gasteiger partial charge in [-0.2, -0.15) is 0 Å². The smallest absolute Gasteiger partial charge is 0.135 e. The number of hydrogen-bond acceptors (Lipinski definition) is 2. The van der Waals surface area contributed by atoms with Crippen LogP contribution in [0.15, 0.2) is 158 Å². The maximum atomic E-state index is 6.45. The molecule has 0 N–H and O–H groups in total. The molecule has 2 heteroatoms. The molecule has 0 spiro atoms. The summed E-state index contributed by atoms with van der Waals surface area (Å²) in [4.78, 5) is 0. The molecular formula is C36H26O2. The summed E-state index contributed by atoms with van der Waals surface area (Å²) in [5.41, 5.74) is 6.72. The third-order valence-corrected chi connectivity index (χ3v) is 6.38. The van der Waals surface area contributed by atoms with Crippen LogP contribution in [0.25, 0.3) is 33.4 Å². The largest absolute Gasteiger partial charge is 0.457 e. The van der Waals surface area contributed by atoms with Gasteiger partial charge in [-0.25, -0.2) is 0 Å².